The van der Waals surface area contributed by atoms with E-state index in [1.807, 2.05) is 20.9 Å². The predicted molar refractivity (Wildman–Crippen MR) is 80.3 cm³/mol. The van der Waals surface area contributed by atoms with Gasteiger partial charge in [0.25, 0.3) is 5.91 Å². The monoisotopic (exact) mass is 311 g/mol. The molecule has 2 aromatic rings. The van der Waals surface area contributed by atoms with Gasteiger partial charge in [-0.15, -0.1) is 0 Å². The molecule has 1 aromatic carbocycles. The maximum Gasteiger partial charge on any atom is 0.255 e. The van der Waals surface area contributed by atoms with Gasteiger partial charge < -0.3 is 5.32 Å². The highest BCUT2D eigenvalue weighted by molar-refractivity contribution is 6.35. The fourth-order valence-electron chi connectivity index (χ4n) is 2.03. The summed E-state index contributed by atoms with van der Waals surface area (Å²) in [5, 5.41) is 8.19. The van der Waals surface area contributed by atoms with Crippen molar-refractivity contribution in [1.82, 2.24) is 15.1 Å². The molecule has 6 heteroatoms. The van der Waals surface area contributed by atoms with Gasteiger partial charge in [0.05, 0.1) is 11.3 Å². The Bertz CT molecular complexity index is 665. The summed E-state index contributed by atoms with van der Waals surface area (Å²) in [4.78, 5) is 12.2. The first-order chi connectivity index (χ1) is 9.40. The number of hydrogen-bond acceptors (Lipinski definition) is 2. The van der Waals surface area contributed by atoms with Gasteiger partial charge in [0.1, 0.15) is 0 Å². The quantitative estimate of drug-likeness (QED) is 0.945. The molecule has 1 amide bonds. The van der Waals surface area contributed by atoms with E-state index in [0.717, 1.165) is 11.3 Å². The van der Waals surface area contributed by atoms with Crippen molar-refractivity contribution in [3.8, 4) is 0 Å². The highest BCUT2D eigenvalue weighted by Gasteiger charge is 2.17. The van der Waals surface area contributed by atoms with Crippen LogP contribution in [0.4, 0.5) is 0 Å². The van der Waals surface area contributed by atoms with Gasteiger partial charge in [0, 0.05) is 29.3 Å². The van der Waals surface area contributed by atoms with Crippen molar-refractivity contribution in [2.75, 3.05) is 0 Å². The van der Waals surface area contributed by atoms with Crippen LogP contribution in [-0.4, -0.2) is 15.7 Å². The molecule has 0 radical (unpaired) electrons. The van der Waals surface area contributed by atoms with Crippen molar-refractivity contribution >= 4 is 29.1 Å². The topological polar surface area (TPSA) is 46.9 Å². The normalized spacial score (nSPS) is 10.7. The first-order valence-corrected chi connectivity index (χ1v) is 6.88. The van der Waals surface area contributed by atoms with Crippen LogP contribution in [0.1, 0.15) is 27.3 Å². The number of nitrogens with one attached hydrogen (secondary N) is 1. The lowest BCUT2D eigenvalue weighted by atomic mass is 10.1. The summed E-state index contributed by atoms with van der Waals surface area (Å²) in [5.41, 5.74) is 2.98. The van der Waals surface area contributed by atoms with Crippen molar-refractivity contribution < 1.29 is 4.79 Å². The van der Waals surface area contributed by atoms with Crippen LogP contribution in [0.25, 0.3) is 0 Å². The zero-order chi connectivity index (χ0) is 14.9. The van der Waals surface area contributed by atoms with E-state index in [1.165, 1.54) is 0 Å². The summed E-state index contributed by atoms with van der Waals surface area (Å²) < 4.78 is 1.69. The van der Waals surface area contributed by atoms with Crippen molar-refractivity contribution in [2.45, 2.75) is 20.4 Å². The SMILES string of the molecule is Cc1nn(C)c(C)c1C(=O)NCc1ccc(Cl)cc1Cl. The molecule has 4 nitrogen and oxygen atoms in total. The van der Waals surface area contributed by atoms with Crippen molar-refractivity contribution in [1.29, 1.82) is 0 Å². The second kappa shape index (κ2) is 5.85. The van der Waals surface area contributed by atoms with E-state index in [9.17, 15) is 4.79 Å². The van der Waals surface area contributed by atoms with Crippen LogP contribution in [-0.2, 0) is 13.6 Å². The zero-order valence-electron chi connectivity index (χ0n) is 11.5. The molecule has 20 heavy (non-hydrogen) atoms. The molecule has 0 unspecified atom stereocenters. The fraction of sp³-hybridized carbons (Fsp3) is 0.286. The standard InChI is InChI=1S/C14H15Cl2N3O/c1-8-13(9(2)19(3)18-8)14(20)17-7-10-4-5-11(15)6-12(10)16/h4-6H,7H2,1-3H3,(H,17,20). The van der Waals surface area contributed by atoms with Crippen LogP contribution < -0.4 is 5.32 Å². The summed E-state index contributed by atoms with van der Waals surface area (Å²) in [6, 6.07) is 5.20. The molecule has 0 aliphatic carbocycles. The number of carbonyl (C=O) groups excluding carboxylic acids is 1. The molecule has 0 spiro atoms. The number of carbonyl (C=O) groups is 1. The van der Waals surface area contributed by atoms with Crippen molar-refractivity contribution in [2.24, 2.45) is 7.05 Å². The number of halogens is 2. The minimum Gasteiger partial charge on any atom is -0.348 e. The first kappa shape index (κ1) is 14.9. The van der Waals surface area contributed by atoms with E-state index in [4.69, 9.17) is 23.2 Å². The van der Waals surface area contributed by atoms with Gasteiger partial charge in [-0.2, -0.15) is 5.10 Å². The Kier molecular flexibility index (Phi) is 4.35. The van der Waals surface area contributed by atoms with E-state index in [-0.39, 0.29) is 5.91 Å². The van der Waals surface area contributed by atoms with Gasteiger partial charge in [0.15, 0.2) is 0 Å². The average molecular weight is 312 g/mol. The summed E-state index contributed by atoms with van der Waals surface area (Å²) in [6.45, 7) is 4.03. The average Bonchev–Trinajstić information content (AvgIpc) is 2.62. The third kappa shape index (κ3) is 2.97. The molecular weight excluding hydrogens is 297 g/mol. The predicted octanol–water partition coefficient (Wildman–Crippen LogP) is 3.27. The van der Waals surface area contributed by atoms with Crippen LogP contribution in [0.15, 0.2) is 18.2 Å². The Labute approximate surface area is 127 Å². The Morgan fingerprint density at radius 1 is 1.35 bits per heavy atom. The number of benzene rings is 1. The minimum atomic E-state index is -0.154. The molecule has 0 fully saturated rings. The number of nitrogens with zero attached hydrogens (tertiary/aromatic N) is 2. The minimum absolute atomic E-state index is 0.154. The molecule has 0 atom stereocenters. The van der Waals surface area contributed by atoms with Gasteiger partial charge in [-0.1, -0.05) is 29.3 Å². The number of aryl methyl sites for hydroxylation is 2. The van der Waals surface area contributed by atoms with Crippen molar-refractivity contribution in [3.05, 3.63) is 50.8 Å². The third-order valence-corrected chi connectivity index (χ3v) is 3.78. The molecule has 1 heterocycles. The Morgan fingerprint density at radius 2 is 2.05 bits per heavy atom. The maximum absolute atomic E-state index is 12.2. The summed E-state index contributed by atoms with van der Waals surface area (Å²) >= 11 is 11.9. The molecule has 0 aliphatic rings. The van der Waals surface area contributed by atoms with E-state index in [1.54, 1.807) is 22.9 Å². The Balaban J connectivity index is 2.13. The van der Waals surface area contributed by atoms with E-state index in [2.05, 4.69) is 10.4 Å². The summed E-state index contributed by atoms with van der Waals surface area (Å²) in [6.07, 6.45) is 0. The lowest BCUT2D eigenvalue weighted by Gasteiger charge is -2.07. The fourth-order valence-corrected chi connectivity index (χ4v) is 2.51. The van der Waals surface area contributed by atoms with Gasteiger partial charge in [0.2, 0.25) is 0 Å². The maximum atomic E-state index is 12.2. The smallest absolute Gasteiger partial charge is 0.255 e. The van der Waals surface area contributed by atoms with Crippen LogP contribution in [0.5, 0.6) is 0 Å². The highest BCUT2D eigenvalue weighted by Crippen LogP contribution is 2.21. The third-order valence-electron chi connectivity index (χ3n) is 3.19. The molecule has 2 rings (SSSR count). The van der Waals surface area contributed by atoms with E-state index >= 15 is 0 Å². The largest absolute Gasteiger partial charge is 0.348 e. The zero-order valence-corrected chi connectivity index (χ0v) is 13.0. The second-order valence-corrected chi connectivity index (χ2v) is 5.43. The van der Waals surface area contributed by atoms with Crippen LogP contribution in [0.3, 0.4) is 0 Å². The van der Waals surface area contributed by atoms with Gasteiger partial charge in [-0.3, -0.25) is 9.48 Å². The molecule has 1 aromatic heterocycles. The van der Waals surface area contributed by atoms with Crippen molar-refractivity contribution in [3.63, 3.8) is 0 Å². The summed E-state index contributed by atoms with van der Waals surface area (Å²) in [5.74, 6) is -0.154. The second-order valence-electron chi connectivity index (χ2n) is 4.59. The van der Waals surface area contributed by atoms with E-state index in [0.29, 0.717) is 27.8 Å². The molecule has 0 bridgehead atoms. The van der Waals surface area contributed by atoms with E-state index < -0.39 is 0 Å². The lowest BCUT2D eigenvalue weighted by Crippen LogP contribution is -2.24. The molecule has 106 valence electrons. The highest BCUT2D eigenvalue weighted by atomic mass is 35.5. The molecule has 0 saturated heterocycles. The molecule has 0 aliphatic heterocycles. The van der Waals surface area contributed by atoms with Gasteiger partial charge in [-0.05, 0) is 31.5 Å². The molecular formula is C14H15Cl2N3O. The number of rotatable bonds is 3. The van der Waals surface area contributed by atoms with Crippen LogP contribution in [0.2, 0.25) is 10.0 Å². The first-order valence-electron chi connectivity index (χ1n) is 6.12. The Hall–Kier alpha value is -1.52. The number of amides is 1. The van der Waals surface area contributed by atoms with Gasteiger partial charge >= 0.3 is 0 Å². The van der Waals surface area contributed by atoms with Crippen LogP contribution >= 0.6 is 23.2 Å². The number of aromatic nitrogens is 2. The molecule has 1 N–H and O–H groups in total. The lowest BCUT2D eigenvalue weighted by molar-refractivity contribution is 0.0949. The molecule has 0 saturated carbocycles. The summed E-state index contributed by atoms with van der Waals surface area (Å²) in [7, 11) is 1.81. The van der Waals surface area contributed by atoms with Crippen LogP contribution in [0, 0.1) is 13.8 Å². The van der Waals surface area contributed by atoms with Gasteiger partial charge in [-0.25, -0.2) is 0 Å². The Morgan fingerprint density at radius 3 is 2.60 bits per heavy atom. The number of hydrogen-bond donors (Lipinski definition) is 1.